The van der Waals surface area contributed by atoms with Crippen molar-refractivity contribution >= 4 is 29.0 Å². The number of rotatable bonds is 9. The molecule has 2 aromatic heterocycles. The predicted molar refractivity (Wildman–Crippen MR) is 128 cm³/mol. The van der Waals surface area contributed by atoms with Gasteiger partial charge in [0, 0.05) is 42.5 Å². The molecular formula is C24H27N5O2S. The van der Waals surface area contributed by atoms with Crippen LogP contribution in [0.1, 0.15) is 24.7 Å². The monoisotopic (exact) mass is 449 g/mol. The number of carbonyl (C=O) groups excluding carboxylic acids is 1. The molecule has 0 radical (unpaired) electrons. The Morgan fingerprint density at radius 3 is 2.69 bits per heavy atom. The van der Waals surface area contributed by atoms with E-state index in [9.17, 15) is 4.79 Å². The fraction of sp³-hybridized carbons (Fsp3) is 0.292. The topological polar surface area (TPSA) is 87.7 Å². The maximum Gasteiger partial charge on any atom is 0.220 e. The average Bonchev–Trinajstić information content (AvgIpc) is 3.37. The molecule has 8 heteroatoms. The Hall–Kier alpha value is -3.39. The van der Waals surface area contributed by atoms with Gasteiger partial charge in [0.15, 0.2) is 4.77 Å². The predicted octanol–water partition coefficient (Wildman–Crippen LogP) is 4.41. The highest BCUT2D eigenvalue weighted by molar-refractivity contribution is 7.71. The van der Waals surface area contributed by atoms with Crippen molar-refractivity contribution in [3.8, 4) is 17.0 Å². The maximum atomic E-state index is 12.6. The van der Waals surface area contributed by atoms with Crippen LogP contribution in [0.5, 0.6) is 5.75 Å². The zero-order valence-corrected chi connectivity index (χ0v) is 19.1. The highest BCUT2D eigenvalue weighted by atomic mass is 32.1. The summed E-state index contributed by atoms with van der Waals surface area (Å²) >= 11 is 5.21. The third-order valence-electron chi connectivity index (χ3n) is 5.62. The normalized spacial score (nSPS) is 11.1. The average molecular weight is 450 g/mol. The molecule has 4 rings (SSSR count). The number of amides is 1. The molecule has 0 unspecified atom stereocenters. The second-order valence-corrected chi connectivity index (χ2v) is 7.93. The Morgan fingerprint density at radius 2 is 1.94 bits per heavy atom. The minimum Gasteiger partial charge on any atom is -0.497 e. The van der Waals surface area contributed by atoms with Crippen molar-refractivity contribution < 1.29 is 9.53 Å². The van der Waals surface area contributed by atoms with Gasteiger partial charge >= 0.3 is 0 Å². The lowest BCUT2D eigenvalue weighted by atomic mass is 10.0. The number of ether oxygens (including phenoxy) is 1. The van der Waals surface area contributed by atoms with Gasteiger partial charge in [-0.25, -0.2) is 0 Å². The van der Waals surface area contributed by atoms with Crippen molar-refractivity contribution in [3.63, 3.8) is 0 Å². The Kier molecular flexibility index (Phi) is 6.70. The lowest BCUT2D eigenvalue weighted by Crippen LogP contribution is -2.26. The molecule has 4 aromatic rings. The SMILES string of the molecule is CCn1c(CCNC(=O)CCc2c(-c3ccc(OC)cc3)[nH]c3ccccc23)n[nH]c1=S. The molecule has 0 aliphatic rings. The van der Waals surface area contributed by atoms with Gasteiger partial charge in [0.25, 0.3) is 0 Å². The molecule has 166 valence electrons. The molecule has 0 aliphatic heterocycles. The molecule has 0 bridgehead atoms. The molecule has 0 fully saturated rings. The number of hydrogen-bond acceptors (Lipinski definition) is 4. The summed E-state index contributed by atoms with van der Waals surface area (Å²) in [6.45, 7) is 3.31. The van der Waals surface area contributed by atoms with Gasteiger partial charge in [0.2, 0.25) is 5.91 Å². The number of methoxy groups -OCH3 is 1. The molecule has 0 aliphatic carbocycles. The van der Waals surface area contributed by atoms with E-state index in [1.165, 1.54) is 0 Å². The third kappa shape index (κ3) is 4.60. The molecule has 1 amide bonds. The molecular weight excluding hydrogens is 422 g/mol. The quantitative estimate of drug-likeness (QED) is 0.330. The second-order valence-electron chi connectivity index (χ2n) is 7.54. The van der Waals surface area contributed by atoms with Crippen molar-refractivity contribution in [2.24, 2.45) is 0 Å². The van der Waals surface area contributed by atoms with Gasteiger partial charge in [-0.05, 0) is 67.0 Å². The number of aromatic amines is 2. The zero-order chi connectivity index (χ0) is 22.5. The van der Waals surface area contributed by atoms with Crippen LogP contribution < -0.4 is 10.1 Å². The van der Waals surface area contributed by atoms with Crippen LogP contribution in [0.25, 0.3) is 22.2 Å². The second kappa shape index (κ2) is 9.82. The van der Waals surface area contributed by atoms with Gasteiger partial charge in [-0.2, -0.15) is 5.10 Å². The van der Waals surface area contributed by atoms with Crippen LogP contribution in [0.2, 0.25) is 0 Å². The van der Waals surface area contributed by atoms with E-state index in [0.29, 0.717) is 30.6 Å². The zero-order valence-electron chi connectivity index (χ0n) is 18.3. The summed E-state index contributed by atoms with van der Waals surface area (Å²) in [5, 5.41) is 11.2. The van der Waals surface area contributed by atoms with E-state index < -0.39 is 0 Å². The van der Waals surface area contributed by atoms with Crippen molar-refractivity contribution in [1.29, 1.82) is 0 Å². The number of nitrogens with one attached hydrogen (secondary N) is 3. The fourth-order valence-electron chi connectivity index (χ4n) is 3.97. The Morgan fingerprint density at radius 1 is 1.16 bits per heavy atom. The number of fused-ring (bicyclic) bond motifs is 1. The van der Waals surface area contributed by atoms with Crippen LogP contribution >= 0.6 is 12.2 Å². The minimum absolute atomic E-state index is 0.0214. The molecule has 0 atom stereocenters. The van der Waals surface area contributed by atoms with E-state index in [-0.39, 0.29) is 5.91 Å². The summed E-state index contributed by atoms with van der Waals surface area (Å²) < 4.78 is 7.83. The summed E-state index contributed by atoms with van der Waals surface area (Å²) in [7, 11) is 1.66. The summed E-state index contributed by atoms with van der Waals surface area (Å²) in [6.07, 6.45) is 1.69. The van der Waals surface area contributed by atoms with E-state index in [2.05, 4.69) is 32.6 Å². The van der Waals surface area contributed by atoms with Gasteiger partial charge in [-0.15, -0.1) is 0 Å². The van der Waals surface area contributed by atoms with Crippen LogP contribution in [0.3, 0.4) is 0 Å². The summed E-state index contributed by atoms with van der Waals surface area (Å²) in [4.78, 5) is 16.1. The Balaban J connectivity index is 1.45. The van der Waals surface area contributed by atoms with E-state index in [1.807, 2.05) is 47.9 Å². The first-order valence-corrected chi connectivity index (χ1v) is 11.2. The maximum absolute atomic E-state index is 12.6. The molecule has 0 saturated carbocycles. The van der Waals surface area contributed by atoms with Crippen LogP contribution in [0.4, 0.5) is 0 Å². The largest absolute Gasteiger partial charge is 0.497 e. The fourth-order valence-corrected chi connectivity index (χ4v) is 4.25. The van der Waals surface area contributed by atoms with Crippen molar-refractivity contribution in [1.82, 2.24) is 25.1 Å². The summed E-state index contributed by atoms with van der Waals surface area (Å²) in [5.74, 6) is 1.69. The van der Waals surface area contributed by atoms with Crippen molar-refractivity contribution in [2.75, 3.05) is 13.7 Å². The number of nitrogens with zero attached hydrogens (tertiary/aromatic N) is 2. The number of hydrogen-bond donors (Lipinski definition) is 3. The van der Waals surface area contributed by atoms with Crippen LogP contribution in [0.15, 0.2) is 48.5 Å². The van der Waals surface area contributed by atoms with E-state index in [0.717, 1.165) is 45.8 Å². The summed E-state index contributed by atoms with van der Waals surface area (Å²) in [5.41, 5.74) is 4.32. The van der Waals surface area contributed by atoms with E-state index in [1.54, 1.807) is 7.11 Å². The highest BCUT2D eigenvalue weighted by Crippen LogP contribution is 2.32. The standard InChI is InChI=1S/C24H27N5O2S/c1-3-29-21(27-28-24(29)32)14-15-25-22(30)13-12-19-18-6-4-5-7-20(18)26-23(19)16-8-10-17(31-2)11-9-16/h4-11,26H,3,12-15H2,1-2H3,(H,25,30)(H,28,32). The molecule has 0 spiro atoms. The van der Waals surface area contributed by atoms with E-state index in [4.69, 9.17) is 17.0 Å². The van der Waals surface area contributed by atoms with Crippen molar-refractivity contribution in [2.45, 2.75) is 32.7 Å². The number of carbonyl (C=O) groups is 1. The van der Waals surface area contributed by atoms with E-state index >= 15 is 0 Å². The third-order valence-corrected chi connectivity index (χ3v) is 5.93. The molecule has 7 nitrogen and oxygen atoms in total. The molecule has 3 N–H and O–H groups in total. The van der Waals surface area contributed by atoms with Crippen LogP contribution in [-0.2, 0) is 24.2 Å². The molecule has 2 heterocycles. The lowest BCUT2D eigenvalue weighted by molar-refractivity contribution is -0.121. The minimum atomic E-state index is 0.0214. The van der Waals surface area contributed by atoms with Crippen LogP contribution in [0, 0.1) is 4.77 Å². The molecule has 2 aromatic carbocycles. The smallest absolute Gasteiger partial charge is 0.220 e. The number of benzene rings is 2. The number of para-hydroxylation sites is 1. The number of aryl methyl sites for hydroxylation is 1. The first-order valence-electron chi connectivity index (χ1n) is 10.8. The van der Waals surface area contributed by atoms with Gasteiger partial charge in [-0.3, -0.25) is 9.89 Å². The number of H-pyrrole nitrogens is 2. The van der Waals surface area contributed by atoms with Crippen molar-refractivity contribution in [3.05, 3.63) is 64.7 Å². The lowest BCUT2D eigenvalue weighted by Gasteiger charge is -2.08. The van der Waals surface area contributed by atoms with Crippen LogP contribution in [-0.4, -0.2) is 39.3 Å². The highest BCUT2D eigenvalue weighted by Gasteiger charge is 2.15. The Bertz CT molecular complexity index is 1270. The van der Waals surface area contributed by atoms with Gasteiger partial charge in [-0.1, -0.05) is 18.2 Å². The number of aromatic nitrogens is 4. The van der Waals surface area contributed by atoms with Gasteiger partial charge in [0.05, 0.1) is 7.11 Å². The Labute approximate surface area is 191 Å². The summed E-state index contributed by atoms with van der Waals surface area (Å²) in [6, 6.07) is 16.2. The molecule has 0 saturated heterocycles. The first-order chi connectivity index (χ1) is 15.6. The van der Waals surface area contributed by atoms with Gasteiger partial charge < -0.3 is 19.6 Å². The van der Waals surface area contributed by atoms with Gasteiger partial charge in [0.1, 0.15) is 11.6 Å². The molecule has 32 heavy (non-hydrogen) atoms. The first kappa shape index (κ1) is 21.8.